The second kappa shape index (κ2) is 9.26. The number of rotatable bonds is 6. The zero-order valence-electron chi connectivity index (χ0n) is 19.7. The molecule has 0 amide bonds. The molecule has 4 aromatic rings. The fourth-order valence-electron chi connectivity index (χ4n) is 4.26. The van der Waals surface area contributed by atoms with Crippen molar-refractivity contribution in [3.05, 3.63) is 60.3 Å². The Bertz CT molecular complexity index is 1320. The van der Waals surface area contributed by atoms with Gasteiger partial charge in [0.1, 0.15) is 17.3 Å². The highest BCUT2D eigenvalue weighted by molar-refractivity contribution is 5.98. The zero-order chi connectivity index (χ0) is 23.7. The Balaban J connectivity index is 1.32. The maximum Gasteiger partial charge on any atom is 0.170 e. The van der Waals surface area contributed by atoms with Crippen molar-refractivity contribution in [2.45, 2.75) is 26.3 Å². The highest BCUT2D eigenvalue weighted by Gasteiger charge is 2.20. The lowest BCUT2D eigenvalue weighted by atomic mass is 10.1. The number of nitrogens with zero attached hydrogens (tertiary/aromatic N) is 8. The number of carbonyl (C=O) groups excluding carboxylic acids is 1. The average molecular weight is 457 g/mol. The van der Waals surface area contributed by atoms with E-state index in [-0.39, 0.29) is 12.2 Å². The highest BCUT2D eigenvalue weighted by Crippen LogP contribution is 2.22. The van der Waals surface area contributed by atoms with Crippen LogP contribution in [0.4, 0.5) is 5.82 Å². The maximum absolute atomic E-state index is 13.1. The van der Waals surface area contributed by atoms with Crippen LogP contribution in [0.3, 0.4) is 0 Å². The minimum atomic E-state index is -0.0195. The van der Waals surface area contributed by atoms with Gasteiger partial charge < -0.3 is 4.90 Å². The van der Waals surface area contributed by atoms with Crippen LogP contribution in [-0.2, 0) is 13.5 Å². The second-order valence-electron chi connectivity index (χ2n) is 8.96. The summed E-state index contributed by atoms with van der Waals surface area (Å²) in [6.45, 7) is 8.25. The van der Waals surface area contributed by atoms with E-state index in [2.05, 4.69) is 48.9 Å². The van der Waals surface area contributed by atoms with Crippen LogP contribution >= 0.6 is 0 Å². The third-order valence-corrected chi connectivity index (χ3v) is 6.29. The van der Waals surface area contributed by atoms with Crippen LogP contribution in [0.2, 0.25) is 0 Å². The first-order valence-electron chi connectivity index (χ1n) is 11.6. The number of Topliss-reactive ketones (excluding diaryl/α,β-unsaturated/α-hetero) is 1. The molecule has 1 aromatic carbocycles. The number of hydrogen-bond donors (Lipinski definition) is 0. The lowest BCUT2D eigenvalue weighted by molar-refractivity contribution is 0.0991. The summed E-state index contributed by atoms with van der Waals surface area (Å²) in [4.78, 5) is 31.4. The Morgan fingerprint density at radius 1 is 1.06 bits per heavy atom. The molecule has 0 atom stereocenters. The number of hydrogen-bond acceptors (Lipinski definition) is 8. The molecule has 9 nitrogen and oxygen atoms in total. The van der Waals surface area contributed by atoms with Gasteiger partial charge in [-0.15, -0.1) is 5.10 Å². The summed E-state index contributed by atoms with van der Waals surface area (Å²) in [5.41, 5.74) is 3.11. The summed E-state index contributed by atoms with van der Waals surface area (Å²) >= 11 is 0. The van der Waals surface area contributed by atoms with Crippen LogP contribution in [0, 0.1) is 0 Å². The van der Waals surface area contributed by atoms with Crippen LogP contribution in [0.25, 0.3) is 22.2 Å². The van der Waals surface area contributed by atoms with Gasteiger partial charge in [-0.05, 0) is 32.0 Å². The summed E-state index contributed by atoms with van der Waals surface area (Å²) in [6, 6.07) is 10.1. The average Bonchev–Trinajstić information content (AvgIpc) is 3.30. The number of fused-ring (bicyclic) bond motifs is 1. The molecule has 0 saturated carbocycles. The van der Waals surface area contributed by atoms with Crippen molar-refractivity contribution < 1.29 is 4.79 Å². The van der Waals surface area contributed by atoms with Crippen molar-refractivity contribution in [1.82, 2.24) is 34.8 Å². The summed E-state index contributed by atoms with van der Waals surface area (Å²) in [5, 5.41) is 9.07. The van der Waals surface area contributed by atoms with E-state index in [0.29, 0.717) is 17.4 Å². The topological polar surface area (TPSA) is 92.9 Å². The molecule has 9 heteroatoms. The summed E-state index contributed by atoms with van der Waals surface area (Å²) in [7, 11) is 1.83. The fraction of sp³-hybridized carbons (Fsp3) is 0.360. The van der Waals surface area contributed by atoms with Gasteiger partial charge in [-0.2, -0.15) is 0 Å². The number of aryl methyl sites for hydroxylation is 1. The van der Waals surface area contributed by atoms with E-state index in [1.54, 1.807) is 23.1 Å². The van der Waals surface area contributed by atoms with Crippen molar-refractivity contribution in [2.75, 3.05) is 31.1 Å². The minimum absolute atomic E-state index is 0.0195. The first kappa shape index (κ1) is 22.1. The Morgan fingerprint density at radius 2 is 1.88 bits per heavy atom. The third kappa shape index (κ3) is 4.65. The molecule has 0 spiro atoms. The fourth-order valence-corrected chi connectivity index (χ4v) is 4.26. The molecule has 1 fully saturated rings. The second-order valence-corrected chi connectivity index (χ2v) is 8.96. The van der Waals surface area contributed by atoms with Gasteiger partial charge in [-0.25, -0.2) is 15.0 Å². The molecule has 0 unspecified atom stereocenters. The quantitative estimate of drug-likeness (QED) is 0.409. The van der Waals surface area contributed by atoms with Gasteiger partial charge in [0.25, 0.3) is 0 Å². The van der Waals surface area contributed by atoms with Crippen molar-refractivity contribution in [2.24, 2.45) is 7.05 Å². The normalized spacial score (nSPS) is 14.8. The molecule has 1 aliphatic heterocycles. The Morgan fingerprint density at radius 3 is 2.62 bits per heavy atom. The monoisotopic (exact) mass is 456 g/mol. The zero-order valence-corrected chi connectivity index (χ0v) is 19.7. The molecule has 4 heterocycles. The summed E-state index contributed by atoms with van der Waals surface area (Å²) < 4.78 is 1.66. The van der Waals surface area contributed by atoms with Crippen molar-refractivity contribution in [3.8, 4) is 11.3 Å². The van der Waals surface area contributed by atoms with Crippen LogP contribution in [0.1, 0.15) is 30.0 Å². The molecular weight excluding hydrogens is 428 g/mol. The van der Waals surface area contributed by atoms with E-state index in [9.17, 15) is 4.79 Å². The van der Waals surface area contributed by atoms with Crippen molar-refractivity contribution >= 4 is 22.5 Å². The van der Waals surface area contributed by atoms with Gasteiger partial charge in [0, 0.05) is 68.2 Å². The predicted octanol–water partition coefficient (Wildman–Crippen LogP) is 2.78. The highest BCUT2D eigenvalue weighted by atomic mass is 16.1. The molecule has 174 valence electrons. The molecule has 3 aromatic heterocycles. The van der Waals surface area contributed by atoms with Gasteiger partial charge in [-0.3, -0.25) is 14.4 Å². The molecule has 0 N–H and O–H groups in total. The van der Waals surface area contributed by atoms with Crippen molar-refractivity contribution in [1.29, 1.82) is 0 Å². The summed E-state index contributed by atoms with van der Waals surface area (Å²) in [5.74, 6) is 1.33. The van der Waals surface area contributed by atoms with Crippen LogP contribution in [-0.4, -0.2) is 72.8 Å². The van der Waals surface area contributed by atoms with E-state index in [1.165, 1.54) is 0 Å². The Hall–Kier alpha value is -3.72. The molecule has 0 bridgehead atoms. The molecule has 5 rings (SSSR count). The number of carbonyl (C=O) groups is 1. The number of aromatic nitrogens is 6. The SMILES string of the molecule is CC(C)N1CCN(c2cc(C(=O)Cc3ncc4ccc(-c5cn(C)nn5)cc4n3)ccn2)CC1. The van der Waals surface area contributed by atoms with E-state index in [1.807, 2.05) is 37.5 Å². The molecule has 1 aliphatic rings. The standard InChI is InChI=1S/C25H28N8O/c1-17(2)32-8-10-33(11-9-32)25-13-19(6-7-26-25)23(34)14-24-27-15-20-5-4-18(12-21(20)28-24)22-16-31(3)30-29-22/h4-7,12-13,15-17H,8-11,14H2,1-3H3. The Kier molecular flexibility index (Phi) is 6.02. The van der Waals surface area contributed by atoms with E-state index in [4.69, 9.17) is 0 Å². The van der Waals surface area contributed by atoms with Crippen molar-refractivity contribution in [3.63, 3.8) is 0 Å². The lowest BCUT2D eigenvalue weighted by Crippen LogP contribution is -2.49. The maximum atomic E-state index is 13.1. The van der Waals surface area contributed by atoms with Gasteiger partial charge >= 0.3 is 0 Å². The molecular formula is C25H28N8O. The third-order valence-electron chi connectivity index (χ3n) is 6.29. The molecule has 0 radical (unpaired) electrons. The number of piperazine rings is 1. The van der Waals surface area contributed by atoms with Gasteiger partial charge in [0.2, 0.25) is 0 Å². The molecule has 1 saturated heterocycles. The first-order chi connectivity index (χ1) is 16.5. The number of ketones is 1. The molecule has 34 heavy (non-hydrogen) atoms. The van der Waals surface area contributed by atoms with E-state index in [0.717, 1.165) is 54.2 Å². The largest absolute Gasteiger partial charge is 0.354 e. The van der Waals surface area contributed by atoms with E-state index >= 15 is 0 Å². The van der Waals surface area contributed by atoms with E-state index < -0.39 is 0 Å². The van der Waals surface area contributed by atoms with Gasteiger partial charge in [0.05, 0.1) is 18.1 Å². The Labute approximate surface area is 198 Å². The summed E-state index contributed by atoms with van der Waals surface area (Å²) in [6.07, 6.45) is 5.47. The first-order valence-corrected chi connectivity index (χ1v) is 11.6. The van der Waals surface area contributed by atoms with Gasteiger partial charge in [-0.1, -0.05) is 17.3 Å². The smallest absolute Gasteiger partial charge is 0.170 e. The molecule has 0 aliphatic carbocycles. The lowest BCUT2D eigenvalue weighted by Gasteiger charge is -2.37. The van der Waals surface area contributed by atoms with Crippen LogP contribution < -0.4 is 4.90 Å². The number of anilines is 1. The number of pyridine rings is 1. The number of benzene rings is 1. The van der Waals surface area contributed by atoms with Crippen LogP contribution in [0.15, 0.2) is 48.9 Å². The van der Waals surface area contributed by atoms with Gasteiger partial charge in [0.15, 0.2) is 5.78 Å². The van der Waals surface area contributed by atoms with Crippen LogP contribution in [0.5, 0.6) is 0 Å². The predicted molar refractivity (Wildman–Crippen MR) is 131 cm³/mol. The minimum Gasteiger partial charge on any atom is -0.354 e.